The number of hydrogen-bond acceptors (Lipinski definition) is 3. The molecule has 17 heavy (non-hydrogen) atoms. The maximum atomic E-state index is 12.0. The highest BCUT2D eigenvalue weighted by Crippen LogP contribution is 2.35. The first-order valence-corrected chi connectivity index (χ1v) is 8.14. The summed E-state index contributed by atoms with van der Waals surface area (Å²) in [6, 6.07) is 0. The van der Waals surface area contributed by atoms with Crippen molar-refractivity contribution in [1.29, 1.82) is 0 Å². The van der Waals surface area contributed by atoms with Crippen LogP contribution in [0.15, 0.2) is 0 Å². The van der Waals surface area contributed by atoms with Crippen molar-refractivity contribution in [3.63, 3.8) is 0 Å². The van der Waals surface area contributed by atoms with Gasteiger partial charge in [0, 0.05) is 0 Å². The second kappa shape index (κ2) is 4.48. The van der Waals surface area contributed by atoms with E-state index in [2.05, 4.69) is 11.6 Å². The monoisotopic (exact) mass is 276 g/mol. The molecule has 0 atom stereocenters. The molecule has 2 aliphatic carbocycles. The van der Waals surface area contributed by atoms with E-state index in [0.717, 1.165) is 38.5 Å². The van der Waals surface area contributed by atoms with E-state index in [9.17, 15) is 8.42 Å². The van der Waals surface area contributed by atoms with Gasteiger partial charge in [-0.1, -0.05) is 19.1 Å². The van der Waals surface area contributed by atoms with Crippen LogP contribution in [0, 0.1) is 5.92 Å². The molecule has 0 heterocycles. The smallest absolute Gasteiger partial charge is 0.215 e. The van der Waals surface area contributed by atoms with E-state index >= 15 is 0 Å². The van der Waals surface area contributed by atoms with E-state index in [1.54, 1.807) is 0 Å². The molecule has 0 unspecified atom stereocenters. The van der Waals surface area contributed by atoms with Crippen molar-refractivity contribution in [3.8, 4) is 0 Å². The molecular formula is C11H20N2O2S2. The highest BCUT2D eigenvalue weighted by molar-refractivity contribution is 7.90. The van der Waals surface area contributed by atoms with Gasteiger partial charge in [0.25, 0.3) is 0 Å². The average Bonchev–Trinajstić information content (AvgIpc) is 3.04. The Balaban J connectivity index is 2.15. The zero-order valence-electron chi connectivity index (χ0n) is 10.1. The summed E-state index contributed by atoms with van der Waals surface area (Å²) in [5, 5.41) is -0.215. The lowest BCUT2D eigenvalue weighted by atomic mass is 9.78. The Morgan fingerprint density at radius 1 is 1.29 bits per heavy atom. The van der Waals surface area contributed by atoms with Crippen LogP contribution < -0.4 is 10.5 Å². The van der Waals surface area contributed by atoms with E-state index in [4.69, 9.17) is 18.0 Å². The largest absolute Gasteiger partial charge is 0.392 e. The van der Waals surface area contributed by atoms with Crippen LogP contribution in [0.4, 0.5) is 0 Å². The van der Waals surface area contributed by atoms with Crippen LogP contribution in [-0.4, -0.2) is 24.2 Å². The van der Waals surface area contributed by atoms with Gasteiger partial charge in [-0.2, -0.15) is 0 Å². The number of rotatable bonds is 4. The van der Waals surface area contributed by atoms with Gasteiger partial charge < -0.3 is 5.73 Å². The van der Waals surface area contributed by atoms with Gasteiger partial charge in [0.2, 0.25) is 10.0 Å². The third-order valence-corrected chi connectivity index (χ3v) is 6.32. The fourth-order valence-corrected chi connectivity index (χ4v) is 4.49. The number of nitrogens with one attached hydrogen (secondary N) is 1. The maximum absolute atomic E-state index is 12.0. The molecule has 0 spiro atoms. The minimum absolute atomic E-state index is 0.215. The summed E-state index contributed by atoms with van der Waals surface area (Å²) in [7, 11) is -3.23. The van der Waals surface area contributed by atoms with Crippen molar-refractivity contribution >= 4 is 27.2 Å². The predicted molar refractivity (Wildman–Crippen MR) is 72.2 cm³/mol. The molecule has 2 aliphatic rings. The molecule has 0 amide bonds. The van der Waals surface area contributed by atoms with Crippen molar-refractivity contribution in [3.05, 3.63) is 0 Å². The lowest BCUT2D eigenvalue weighted by molar-refractivity contribution is 0.289. The predicted octanol–water partition coefficient (Wildman–Crippen LogP) is 1.30. The highest BCUT2D eigenvalue weighted by atomic mass is 32.2. The average molecular weight is 276 g/mol. The van der Waals surface area contributed by atoms with Gasteiger partial charge in [0.1, 0.15) is 0 Å². The Hall–Kier alpha value is -0.200. The quantitative estimate of drug-likeness (QED) is 0.759. The molecule has 6 heteroatoms. The molecule has 98 valence electrons. The van der Waals surface area contributed by atoms with E-state index in [0.29, 0.717) is 10.9 Å². The van der Waals surface area contributed by atoms with Gasteiger partial charge in [-0.15, -0.1) is 0 Å². The van der Waals surface area contributed by atoms with Gasteiger partial charge >= 0.3 is 0 Å². The molecule has 0 aliphatic heterocycles. The molecule has 3 N–H and O–H groups in total. The Kier molecular flexibility index (Phi) is 3.49. The molecule has 0 aromatic carbocycles. The summed E-state index contributed by atoms with van der Waals surface area (Å²) in [5.41, 5.74) is 5.12. The molecule has 0 radical (unpaired) electrons. The Morgan fingerprint density at radius 3 is 2.24 bits per heavy atom. The van der Waals surface area contributed by atoms with Crippen LogP contribution in [0.2, 0.25) is 0 Å². The minimum atomic E-state index is -3.23. The van der Waals surface area contributed by atoms with Crippen LogP contribution >= 0.6 is 12.2 Å². The normalized spacial score (nSPS) is 34.5. The standard InChI is InChI=1S/C11H20N2O2S2/c1-8-4-6-11(7-5-8,10(12)16)13-17(14,15)9-2-3-9/h8-9,13H,2-7H2,1H3,(H2,12,16). The first kappa shape index (κ1) is 13.2. The number of thiocarbonyl (C=S) groups is 1. The summed E-state index contributed by atoms with van der Waals surface area (Å²) >= 11 is 5.09. The molecule has 0 aromatic heterocycles. The van der Waals surface area contributed by atoms with E-state index < -0.39 is 15.6 Å². The van der Waals surface area contributed by atoms with Crippen molar-refractivity contribution in [2.75, 3.05) is 0 Å². The van der Waals surface area contributed by atoms with Crippen LogP contribution in [-0.2, 0) is 10.0 Å². The van der Waals surface area contributed by atoms with E-state index in [-0.39, 0.29) is 5.25 Å². The zero-order valence-corrected chi connectivity index (χ0v) is 11.7. The fraction of sp³-hybridized carbons (Fsp3) is 0.909. The number of sulfonamides is 1. The van der Waals surface area contributed by atoms with Crippen molar-refractivity contribution in [1.82, 2.24) is 4.72 Å². The van der Waals surface area contributed by atoms with E-state index in [1.807, 2.05) is 0 Å². The second-order valence-electron chi connectivity index (χ2n) is 5.48. The van der Waals surface area contributed by atoms with Gasteiger partial charge in [-0.05, 0) is 44.4 Å². The Morgan fingerprint density at radius 2 is 1.82 bits per heavy atom. The number of nitrogens with two attached hydrogens (primary N) is 1. The summed E-state index contributed by atoms with van der Waals surface area (Å²) in [5.74, 6) is 0.628. The minimum Gasteiger partial charge on any atom is -0.392 e. The summed E-state index contributed by atoms with van der Waals surface area (Å²) in [6.45, 7) is 2.18. The first-order valence-electron chi connectivity index (χ1n) is 6.18. The molecular weight excluding hydrogens is 256 g/mol. The molecule has 2 rings (SSSR count). The SMILES string of the molecule is CC1CCC(NS(=O)(=O)C2CC2)(C(N)=S)CC1. The van der Waals surface area contributed by atoms with Crippen molar-refractivity contribution in [2.45, 2.75) is 56.2 Å². The lowest BCUT2D eigenvalue weighted by Gasteiger charge is -2.39. The van der Waals surface area contributed by atoms with Crippen LogP contribution in [0.25, 0.3) is 0 Å². The molecule has 0 bridgehead atoms. The van der Waals surface area contributed by atoms with Gasteiger partial charge in [-0.3, -0.25) is 0 Å². The third kappa shape index (κ3) is 2.80. The maximum Gasteiger partial charge on any atom is 0.215 e. The first-order chi connectivity index (χ1) is 7.86. The van der Waals surface area contributed by atoms with E-state index in [1.165, 1.54) is 0 Å². The number of hydrogen-bond donors (Lipinski definition) is 2. The zero-order chi connectivity index (χ0) is 12.7. The van der Waals surface area contributed by atoms with Crippen molar-refractivity contribution in [2.24, 2.45) is 11.7 Å². The van der Waals surface area contributed by atoms with Crippen LogP contribution in [0.3, 0.4) is 0 Å². The molecule has 2 saturated carbocycles. The highest BCUT2D eigenvalue weighted by Gasteiger charge is 2.45. The third-order valence-electron chi connectivity index (χ3n) is 3.90. The van der Waals surface area contributed by atoms with Crippen molar-refractivity contribution < 1.29 is 8.42 Å². The van der Waals surface area contributed by atoms with Gasteiger partial charge in [-0.25, -0.2) is 13.1 Å². The fourth-order valence-electron chi connectivity index (χ4n) is 2.39. The van der Waals surface area contributed by atoms with Gasteiger partial charge in [0.15, 0.2) is 0 Å². The Labute approximate surface area is 108 Å². The second-order valence-corrected chi connectivity index (χ2v) is 7.88. The summed E-state index contributed by atoms with van der Waals surface area (Å²) in [6.07, 6.45) is 4.94. The lowest BCUT2D eigenvalue weighted by Crippen LogP contribution is -2.58. The van der Waals surface area contributed by atoms with Gasteiger partial charge in [0.05, 0.1) is 15.8 Å². The topological polar surface area (TPSA) is 72.2 Å². The molecule has 2 fully saturated rings. The van der Waals surface area contributed by atoms with Crippen LogP contribution in [0.1, 0.15) is 45.4 Å². The molecule has 4 nitrogen and oxygen atoms in total. The Bertz CT molecular complexity index is 407. The molecule has 0 aromatic rings. The molecule has 0 saturated heterocycles. The summed E-state index contributed by atoms with van der Waals surface area (Å²) in [4.78, 5) is 0.300. The summed E-state index contributed by atoms with van der Waals surface area (Å²) < 4.78 is 26.8. The van der Waals surface area contributed by atoms with Crippen LogP contribution in [0.5, 0.6) is 0 Å².